The largest absolute Gasteiger partial charge is 0.455 e. The molecule has 0 fully saturated rings. The van der Waals surface area contributed by atoms with Crippen LogP contribution >= 0.6 is 12.0 Å². The molecule has 1 aromatic rings. The lowest BCUT2D eigenvalue weighted by atomic mass is 10.3. The molecule has 1 rings (SSSR count). The highest BCUT2D eigenvalue weighted by Gasteiger charge is 2.05. The smallest absolute Gasteiger partial charge is 0.407 e. The van der Waals surface area contributed by atoms with Crippen LogP contribution in [0.15, 0.2) is 30.3 Å². The highest BCUT2D eigenvalue weighted by molar-refractivity contribution is 8.09. The van der Waals surface area contributed by atoms with E-state index in [1.807, 2.05) is 18.2 Å². The van der Waals surface area contributed by atoms with Crippen LogP contribution in [0.2, 0.25) is 0 Å². The zero-order valence-electron chi connectivity index (χ0n) is 8.63. The molecular weight excluding hydrogens is 228 g/mol. The van der Waals surface area contributed by atoms with Crippen LogP contribution in [0, 0.1) is 0 Å². The van der Waals surface area contributed by atoms with Crippen LogP contribution in [0.1, 0.15) is 12.8 Å². The van der Waals surface area contributed by atoms with Gasteiger partial charge in [0.2, 0.25) is 0 Å². The summed E-state index contributed by atoms with van der Waals surface area (Å²) in [7, 11) is 0. The Balaban J connectivity index is 2.13. The summed E-state index contributed by atoms with van der Waals surface area (Å²) < 4.78 is 9.90. The first-order valence-electron chi connectivity index (χ1n) is 4.83. The molecule has 4 nitrogen and oxygen atoms in total. The van der Waals surface area contributed by atoms with Gasteiger partial charge in [-0.2, -0.15) is 0 Å². The molecule has 0 atom stereocenters. The molecule has 0 aliphatic rings. The van der Waals surface area contributed by atoms with Gasteiger partial charge in [0.15, 0.2) is 12.0 Å². The van der Waals surface area contributed by atoms with E-state index < -0.39 is 5.30 Å². The zero-order valence-corrected chi connectivity index (χ0v) is 9.44. The Labute approximate surface area is 98.1 Å². The number of para-hydroxylation sites is 1. The van der Waals surface area contributed by atoms with Gasteiger partial charge in [-0.3, -0.25) is 0 Å². The molecular formula is C11H12O4S. The van der Waals surface area contributed by atoms with Crippen molar-refractivity contribution in [1.29, 1.82) is 0 Å². The van der Waals surface area contributed by atoms with Crippen molar-refractivity contribution in [3.8, 4) is 5.75 Å². The minimum Gasteiger partial charge on any atom is -0.455 e. The molecule has 0 spiro atoms. The predicted octanol–water partition coefficient (Wildman–Crippen LogP) is 2.83. The number of benzene rings is 1. The van der Waals surface area contributed by atoms with E-state index in [9.17, 15) is 9.59 Å². The van der Waals surface area contributed by atoms with Gasteiger partial charge in [-0.05, 0) is 18.6 Å². The Morgan fingerprint density at radius 1 is 1.31 bits per heavy atom. The van der Waals surface area contributed by atoms with Gasteiger partial charge in [-0.25, -0.2) is 4.79 Å². The van der Waals surface area contributed by atoms with Gasteiger partial charge < -0.3 is 13.7 Å². The molecule has 5 heteroatoms. The van der Waals surface area contributed by atoms with E-state index in [1.165, 1.54) is 0 Å². The third kappa shape index (κ3) is 5.41. The van der Waals surface area contributed by atoms with Gasteiger partial charge in [0.25, 0.3) is 0 Å². The lowest BCUT2D eigenvalue weighted by Crippen LogP contribution is -2.01. The zero-order chi connectivity index (χ0) is 11.6. The molecule has 0 saturated heterocycles. The van der Waals surface area contributed by atoms with Crippen molar-refractivity contribution in [2.24, 2.45) is 0 Å². The SMILES string of the molecule is O=CCCCOC(=O)SOc1ccccc1. The average molecular weight is 240 g/mol. The van der Waals surface area contributed by atoms with Crippen LogP contribution in [0.3, 0.4) is 0 Å². The maximum Gasteiger partial charge on any atom is 0.407 e. The van der Waals surface area contributed by atoms with E-state index in [-0.39, 0.29) is 6.61 Å². The van der Waals surface area contributed by atoms with E-state index in [0.29, 0.717) is 30.6 Å². The Bertz CT molecular complexity index is 326. The topological polar surface area (TPSA) is 52.6 Å². The molecule has 0 heterocycles. The second kappa shape index (κ2) is 7.76. The second-order valence-electron chi connectivity index (χ2n) is 2.89. The number of unbranched alkanes of at least 4 members (excludes halogenated alkanes) is 1. The molecule has 0 saturated carbocycles. The molecule has 0 aliphatic carbocycles. The summed E-state index contributed by atoms with van der Waals surface area (Å²) in [6, 6.07) is 8.96. The molecule has 0 amide bonds. The summed E-state index contributed by atoms with van der Waals surface area (Å²) in [5, 5.41) is -0.505. The van der Waals surface area contributed by atoms with Gasteiger partial charge in [0, 0.05) is 6.42 Å². The summed E-state index contributed by atoms with van der Waals surface area (Å²) in [6.45, 7) is 0.239. The molecule has 1 aromatic carbocycles. The number of rotatable bonds is 6. The lowest BCUT2D eigenvalue weighted by molar-refractivity contribution is -0.108. The van der Waals surface area contributed by atoms with E-state index in [1.54, 1.807) is 12.1 Å². The first kappa shape index (κ1) is 12.6. The maximum atomic E-state index is 11.1. The Morgan fingerprint density at radius 2 is 2.06 bits per heavy atom. The number of hydrogen-bond acceptors (Lipinski definition) is 5. The van der Waals surface area contributed by atoms with Gasteiger partial charge in [-0.1, -0.05) is 18.2 Å². The Morgan fingerprint density at radius 3 is 2.75 bits per heavy atom. The molecule has 86 valence electrons. The first-order valence-corrected chi connectivity index (χ1v) is 5.57. The highest BCUT2D eigenvalue weighted by Crippen LogP contribution is 2.16. The van der Waals surface area contributed by atoms with E-state index >= 15 is 0 Å². The van der Waals surface area contributed by atoms with E-state index in [0.717, 1.165) is 6.29 Å². The lowest BCUT2D eigenvalue weighted by Gasteiger charge is -2.03. The van der Waals surface area contributed by atoms with Crippen LogP contribution in [-0.2, 0) is 9.53 Å². The van der Waals surface area contributed by atoms with Gasteiger partial charge in [-0.15, -0.1) is 0 Å². The normalized spacial score (nSPS) is 9.50. The van der Waals surface area contributed by atoms with E-state index in [2.05, 4.69) is 0 Å². The van der Waals surface area contributed by atoms with Crippen LogP contribution in [-0.4, -0.2) is 18.2 Å². The van der Waals surface area contributed by atoms with Crippen molar-refractivity contribution in [1.82, 2.24) is 0 Å². The number of carbonyl (C=O) groups is 2. The summed E-state index contributed by atoms with van der Waals surface area (Å²) in [4.78, 5) is 21.1. The molecule has 0 bridgehead atoms. The quantitative estimate of drug-likeness (QED) is 0.331. The predicted molar refractivity (Wildman–Crippen MR) is 61.3 cm³/mol. The summed E-state index contributed by atoms with van der Waals surface area (Å²) in [5.41, 5.74) is 0. The van der Waals surface area contributed by atoms with E-state index in [4.69, 9.17) is 8.92 Å². The third-order valence-electron chi connectivity index (χ3n) is 1.64. The summed E-state index contributed by atoms with van der Waals surface area (Å²) in [6.07, 6.45) is 1.74. The van der Waals surface area contributed by atoms with Crippen molar-refractivity contribution in [2.75, 3.05) is 6.61 Å². The van der Waals surface area contributed by atoms with Crippen LogP contribution in [0.5, 0.6) is 5.75 Å². The minimum absolute atomic E-state index is 0.239. The summed E-state index contributed by atoms with van der Waals surface area (Å²) >= 11 is 0.638. The molecule has 16 heavy (non-hydrogen) atoms. The first-order chi connectivity index (χ1) is 7.83. The standard InChI is InChI=1S/C11H12O4S/c12-8-4-5-9-14-11(13)16-15-10-6-2-1-3-7-10/h1-3,6-8H,4-5,9H2. The fourth-order valence-electron chi connectivity index (χ4n) is 0.904. The molecule has 0 unspecified atom stereocenters. The minimum atomic E-state index is -0.505. The average Bonchev–Trinajstić information content (AvgIpc) is 2.33. The van der Waals surface area contributed by atoms with Crippen LogP contribution in [0.4, 0.5) is 4.79 Å². The maximum absolute atomic E-state index is 11.1. The fourth-order valence-corrected chi connectivity index (χ4v) is 1.31. The van der Waals surface area contributed by atoms with Crippen molar-refractivity contribution < 1.29 is 18.5 Å². The Kier molecular flexibility index (Phi) is 6.10. The number of carbonyl (C=O) groups excluding carboxylic acids is 2. The third-order valence-corrected chi connectivity index (χ3v) is 2.17. The van der Waals surface area contributed by atoms with Crippen molar-refractivity contribution in [3.63, 3.8) is 0 Å². The van der Waals surface area contributed by atoms with Crippen molar-refractivity contribution >= 4 is 23.6 Å². The van der Waals surface area contributed by atoms with Crippen LogP contribution in [0.25, 0.3) is 0 Å². The van der Waals surface area contributed by atoms with Crippen LogP contribution < -0.4 is 4.18 Å². The number of aldehydes is 1. The molecule has 0 aromatic heterocycles. The van der Waals surface area contributed by atoms with Gasteiger partial charge >= 0.3 is 5.30 Å². The molecule has 0 aliphatic heterocycles. The van der Waals surface area contributed by atoms with Gasteiger partial charge in [0.1, 0.15) is 12.0 Å². The number of hydrogen-bond donors (Lipinski definition) is 0. The second-order valence-corrected chi connectivity index (χ2v) is 3.55. The molecule has 0 radical (unpaired) electrons. The fraction of sp³-hybridized carbons (Fsp3) is 0.273. The van der Waals surface area contributed by atoms with Gasteiger partial charge in [0.05, 0.1) is 6.61 Å². The molecule has 0 N–H and O–H groups in total. The number of ether oxygens (including phenoxy) is 1. The highest BCUT2D eigenvalue weighted by atomic mass is 32.2. The van der Waals surface area contributed by atoms with Crippen molar-refractivity contribution in [3.05, 3.63) is 30.3 Å². The van der Waals surface area contributed by atoms with Crippen molar-refractivity contribution in [2.45, 2.75) is 12.8 Å². The Hall–Kier alpha value is -1.49. The summed E-state index contributed by atoms with van der Waals surface area (Å²) in [5.74, 6) is 0.595. The monoisotopic (exact) mass is 240 g/mol.